The summed E-state index contributed by atoms with van der Waals surface area (Å²) in [5.74, 6) is -0.0416. The molecule has 3 N–H and O–H groups in total. The number of nitrogens with two attached hydrogens (primary N) is 1. The Morgan fingerprint density at radius 3 is 2.67 bits per heavy atom. The third kappa shape index (κ3) is 6.35. The molecule has 0 fully saturated rings. The highest BCUT2D eigenvalue weighted by atomic mass is 79.9. The van der Waals surface area contributed by atoms with Crippen LogP contribution in [-0.4, -0.2) is 37.0 Å². The Kier molecular flexibility index (Phi) is 8.18. The zero-order chi connectivity index (χ0) is 12.8. The maximum atomic E-state index is 11.7. The van der Waals surface area contributed by atoms with Crippen molar-refractivity contribution in [2.24, 2.45) is 5.73 Å². The number of benzene rings is 1. The van der Waals surface area contributed by atoms with Crippen molar-refractivity contribution in [1.82, 2.24) is 4.90 Å². The fourth-order valence-corrected chi connectivity index (χ4v) is 1.94. The van der Waals surface area contributed by atoms with Crippen LogP contribution >= 0.6 is 28.3 Å². The molecule has 1 aromatic carbocycles. The van der Waals surface area contributed by atoms with Crippen molar-refractivity contribution < 1.29 is 4.79 Å². The number of amides is 1. The molecule has 0 bridgehead atoms. The molecular weight excluding hydrogens is 318 g/mol. The topological polar surface area (TPSA) is 58.4 Å². The number of nitrogens with one attached hydrogen (secondary N) is 1. The van der Waals surface area contributed by atoms with Gasteiger partial charge in [-0.15, -0.1) is 12.4 Å². The Balaban J connectivity index is 0.00000289. The summed E-state index contributed by atoms with van der Waals surface area (Å²) in [5.41, 5.74) is 6.45. The van der Waals surface area contributed by atoms with Crippen molar-refractivity contribution in [2.45, 2.75) is 13.0 Å². The van der Waals surface area contributed by atoms with Crippen LogP contribution in [0.25, 0.3) is 0 Å². The molecule has 102 valence electrons. The van der Waals surface area contributed by atoms with Crippen molar-refractivity contribution >= 4 is 39.9 Å². The molecule has 1 amide bonds. The first kappa shape index (κ1) is 17.4. The van der Waals surface area contributed by atoms with Crippen LogP contribution in [0.15, 0.2) is 28.7 Å². The molecule has 1 unspecified atom stereocenters. The van der Waals surface area contributed by atoms with E-state index in [0.717, 1.165) is 10.2 Å². The van der Waals surface area contributed by atoms with E-state index in [1.165, 1.54) is 0 Å². The number of rotatable bonds is 5. The van der Waals surface area contributed by atoms with Gasteiger partial charge in [0.2, 0.25) is 5.91 Å². The fraction of sp³-hybridized carbons (Fsp3) is 0.417. The molecular formula is C12H19BrClN3O. The molecule has 0 spiro atoms. The lowest BCUT2D eigenvalue weighted by Crippen LogP contribution is -2.37. The fourth-order valence-electron chi connectivity index (χ4n) is 1.55. The first-order valence-corrected chi connectivity index (χ1v) is 6.27. The molecule has 4 nitrogen and oxygen atoms in total. The number of nitrogens with zero attached hydrogens (tertiary/aromatic N) is 1. The molecule has 6 heteroatoms. The van der Waals surface area contributed by atoms with Gasteiger partial charge in [-0.1, -0.05) is 12.1 Å². The minimum absolute atomic E-state index is 0. The first-order valence-electron chi connectivity index (χ1n) is 5.47. The highest BCUT2D eigenvalue weighted by Crippen LogP contribution is 2.20. The van der Waals surface area contributed by atoms with Gasteiger partial charge in [-0.2, -0.15) is 0 Å². The van der Waals surface area contributed by atoms with Crippen LogP contribution < -0.4 is 11.1 Å². The van der Waals surface area contributed by atoms with Crippen LogP contribution in [0.5, 0.6) is 0 Å². The summed E-state index contributed by atoms with van der Waals surface area (Å²) in [6.07, 6.45) is 0. The first-order chi connectivity index (χ1) is 7.99. The van der Waals surface area contributed by atoms with Crippen molar-refractivity contribution in [3.63, 3.8) is 0 Å². The Morgan fingerprint density at radius 1 is 1.50 bits per heavy atom. The molecule has 1 aromatic rings. The van der Waals surface area contributed by atoms with Gasteiger partial charge in [-0.05, 0) is 42.0 Å². The number of hydrogen-bond acceptors (Lipinski definition) is 3. The average molecular weight is 337 g/mol. The summed E-state index contributed by atoms with van der Waals surface area (Å²) in [7, 11) is 1.88. The molecule has 18 heavy (non-hydrogen) atoms. The molecule has 0 radical (unpaired) electrons. The van der Waals surface area contributed by atoms with Gasteiger partial charge in [-0.3, -0.25) is 9.69 Å². The molecule has 0 saturated heterocycles. The van der Waals surface area contributed by atoms with Crippen LogP contribution in [0.4, 0.5) is 5.69 Å². The van der Waals surface area contributed by atoms with Gasteiger partial charge in [0.1, 0.15) is 0 Å². The average Bonchev–Trinajstić information content (AvgIpc) is 2.19. The van der Waals surface area contributed by atoms with E-state index < -0.39 is 0 Å². The minimum atomic E-state index is -0.0416. The Morgan fingerprint density at radius 2 is 2.11 bits per heavy atom. The maximum absolute atomic E-state index is 11.7. The third-order valence-corrected chi connectivity index (χ3v) is 2.85. The predicted molar refractivity (Wildman–Crippen MR) is 81.2 cm³/mol. The number of hydrogen-bond donors (Lipinski definition) is 2. The van der Waals surface area contributed by atoms with Gasteiger partial charge < -0.3 is 11.1 Å². The molecule has 1 atom stereocenters. The Labute approximate surface area is 122 Å². The number of carbonyl (C=O) groups is 1. The number of anilines is 1. The maximum Gasteiger partial charge on any atom is 0.238 e. The van der Waals surface area contributed by atoms with E-state index in [1.807, 2.05) is 43.1 Å². The van der Waals surface area contributed by atoms with Crippen LogP contribution in [0.1, 0.15) is 6.92 Å². The van der Waals surface area contributed by atoms with E-state index in [-0.39, 0.29) is 24.4 Å². The molecule has 0 aromatic heterocycles. The molecule has 0 aliphatic rings. The van der Waals surface area contributed by atoms with E-state index in [2.05, 4.69) is 21.2 Å². The van der Waals surface area contributed by atoms with Crippen molar-refractivity contribution in [3.05, 3.63) is 28.7 Å². The zero-order valence-corrected chi connectivity index (χ0v) is 12.9. The number of likely N-dealkylation sites (N-methyl/N-ethyl adjacent to an activating group) is 1. The second-order valence-corrected chi connectivity index (χ2v) is 5.06. The SMILES string of the molecule is CC(N)CN(C)CC(=O)Nc1ccccc1Br.Cl. The predicted octanol–water partition coefficient (Wildman–Crippen LogP) is 2.09. The van der Waals surface area contributed by atoms with Gasteiger partial charge in [0.05, 0.1) is 12.2 Å². The van der Waals surface area contributed by atoms with Crippen molar-refractivity contribution in [3.8, 4) is 0 Å². The largest absolute Gasteiger partial charge is 0.327 e. The van der Waals surface area contributed by atoms with Crippen LogP contribution in [-0.2, 0) is 4.79 Å². The smallest absolute Gasteiger partial charge is 0.238 e. The van der Waals surface area contributed by atoms with E-state index in [1.54, 1.807) is 0 Å². The van der Waals surface area contributed by atoms with Crippen LogP contribution in [0.2, 0.25) is 0 Å². The van der Waals surface area contributed by atoms with Crippen LogP contribution in [0.3, 0.4) is 0 Å². The van der Waals surface area contributed by atoms with Crippen LogP contribution in [0, 0.1) is 0 Å². The Bertz CT molecular complexity index is 387. The van der Waals surface area contributed by atoms with Crippen molar-refractivity contribution in [2.75, 3.05) is 25.5 Å². The third-order valence-electron chi connectivity index (χ3n) is 2.16. The van der Waals surface area contributed by atoms with Gasteiger partial charge in [0, 0.05) is 17.1 Å². The quantitative estimate of drug-likeness (QED) is 0.865. The second-order valence-electron chi connectivity index (χ2n) is 4.20. The Hall–Kier alpha value is -0.620. The summed E-state index contributed by atoms with van der Waals surface area (Å²) < 4.78 is 0.878. The number of halogens is 2. The summed E-state index contributed by atoms with van der Waals surface area (Å²) >= 11 is 3.38. The molecule has 0 aliphatic carbocycles. The summed E-state index contributed by atoms with van der Waals surface area (Å²) in [6.45, 7) is 2.95. The van der Waals surface area contributed by atoms with E-state index in [0.29, 0.717) is 13.1 Å². The molecule has 0 heterocycles. The minimum Gasteiger partial charge on any atom is -0.327 e. The van der Waals surface area contributed by atoms with Gasteiger partial charge in [-0.25, -0.2) is 0 Å². The van der Waals surface area contributed by atoms with Crippen molar-refractivity contribution in [1.29, 1.82) is 0 Å². The summed E-state index contributed by atoms with van der Waals surface area (Å²) in [6, 6.07) is 7.60. The number of carbonyl (C=O) groups excluding carboxylic acids is 1. The standard InChI is InChI=1S/C12H18BrN3O.ClH/c1-9(14)7-16(2)8-12(17)15-11-6-4-3-5-10(11)13;/h3-6,9H,7-8,14H2,1-2H3,(H,15,17);1H. The molecule has 0 aliphatic heterocycles. The zero-order valence-electron chi connectivity index (χ0n) is 10.5. The normalized spacial score (nSPS) is 11.8. The molecule has 0 saturated carbocycles. The van der Waals surface area contributed by atoms with Gasteiger partial charge in [0.15, 0.2) is 0 Å². The highest BCUT2D eigenvalue weighted by Gasteiger charge is 2.09. The lowest BCUT2D eigenvalue weighted by Gasteiger charge is -2.18. The number of para-hydroxylation sites is 1. The summed E-state index contributed by atoms with van der Waals surface area (Å²) in [4.78, 5) is 13.6. The highest BCUT2D eigenvalue weighted by molar-refractivity contribution is 9.10. The monoisotopic (exact) mass is 335 g/mol. The molecule has 1 rings (SSSR count). The second kappa shape index (κ2) is 8.48. The van der Waals surface area contributed by atoms with E-state index in [4.69, 9.17) is 5.73 Å². The van der Waals surface area contributed by atoms with E-state index in [9.17, 15) is 4.79 Å². The van der Waals surface area contributed by atoms with Gasteiger partial charge in [0.25, 0.3) is 0 Å². The lowest BCUT2D eigenvalue weighted by molar-refractivity contribution is -0.117. The van der Waals surface area contributed by atoms with Gasteiger partial charge >= 0.3 is 0 Å². The lowest BCUT2D eigenvalue weighted by atomic mass is 10.3. The summed E-state index contributed by atoms with van der Waals surface area (Å²) in [5, 5.41) is 2.85. The van der Waals surface area contributed by atoms with E-state index >= 15 is 0 Å².